The molecule has 1 aliphatic rings. The van der Waals surface area contributed by atoms with Crippen LogP contribution in [0, 0.1) is 11.8 Å². The summed E-state index contributed by atoms with van der Waals surface area (Å²) in [5, 5.41) is 0. The van der Waals surface area contributed by atoms with Gasteiger partial charge in [-0.15, -0.1) is 0 Å². The molecule has 1 saturated heterocycles. The van der Waals surface area contributed by atoms with E-state index in [1.54, 1.807) is 0 Å². The zero-order valence-corrected chi connectivity index (χ0v) is 21.8. The first-order valence-electron chi connectivity index (χ1n) is 13.4. The zero-order valence-electron chi connectivity index (χ0n) is 21.8. The average Bonchev–Trinajstić information content (AvgIpc) is 3.16. The molecule has 1 amide bonds. The molecule has 0 saturated carbocycles. The lowest BCUT2D eigenvalue weighted by atomic mass is 10.1. The second-order valence-corrected chi connectivity index (χ2v) is 10.6. The number of fused-ring (bicyclic) bond motifs is 1. The molecule has 0 unspecified atom stereocenters. The van der Waals surface area contributed by atoms with Crippen LogP contribution < -0.4 is 0 Å². The van der Waals surface area contributed by atoms with Crippen molar-refractivity contribution in [3.05, 3.63) is 29.6 Å². The van der Waals surface area contributed by atoms with Gasteiger partial charge in [-0.25, -0.2) is 4.98 Å². The third-order valence-corrected chi connectivity index (χ3v) is 6.94. The monoisotopic (exact) mass is 454 g/mol. The molecule has 1 aliphatic heterocycles. The van der Waals surface area contributed by atoms with Gasteiger partial charge in [-0.05, 0) is 81.8 Å². The Morgan fingerprint density at radius 3 is 2.27 bits per heavy atom. The molecule has 0 aliphatic carbocycles. The zero-order chi connectivity index (χ0) is 23.8. The van der Waals surface area contributed by atoms with Crippen LogP contribution in [0.25, 0.3) is 11.0 Å². The number of aromatic nitrogens is 2. The molecule has 5 heteroatoms. The summed E-state index contributed by atoms with van der Waals surface area (Å²) in [5.74, 6) is 2.48. The molecule has 2 heterocycles. The van der Waals surface area contributed by atoms with E-state index >= 15 is 0 Å². The van der Waals surface area contributed by atoms with Crippen molar-refractivity contribution in [2.45, 2.75) is 86.1 Å². The molecule has 1 aromatic heterocycles. The number of hydrogen-bond donors (Lipinski definition) is 0. The number of amides is 1. The van der Waals surface area contributed by atoms with Gasteiger partial charge in [0, 0.05) is 31.6 Å². The fourth-order valence-electron chi connectivity index (χ4n) is 4.79. The van der Waals surface area contributed by atoms with Crippen LogP contribution >= 0.6 is 0 Å². The van der Waals surface area contributed by atoms with Crippen molar-refractivity contribution in [2.24, 2.45) is 11.8 Å². The maximum Gasteiger partial charge on any atom is 0.253 e. The predicted molar refractivity (Wildman–Crippen MR) is 139 cm³/mol. The summed E-state index contributed by atoms with van der Waals surface area (Å²) in [4.78, 5) is 23.1. The van der Waals surface area contributed by atoms with Crippen LogP contribution in [-0.2, 0) is 13.0 Å². The van der Waals surface area contributed by atoms with Crippen LogP contribution in [0.1, 0.15) is 89.3 Å². The fraction of sp³-hybridized carbons (Fsp3) is 0.714. The van der Waals surface area contributed by atoms with E-state index in [4.69, 9.17) is 4.98 Å². The lowest BCUT2D eigenvalue weighted by Crippen LogP contribution is -2.34. The number of aryl methyl sites for hydroxylation is 2. The normalized spacial score (nSPS) is 15.1. The molecule has 1 aromatic carbocycles. The molecular weight excluding hydrogens is 408 g/mol. The number of nitrogens with zero attached hydrogens (tertiary/aromatic N) is 4. The minimum atomic E-state index is 0.164. The standard InChI is InChI=1S/C28H46N4O/c1-6-27-29-25-12-11-24(28(33)31(19-13-22(2)3)20-14-23(4)5)21-26(25)32(27)18-10-17-30-15-8-7-9-16-30/h11-12,21-23H,6-10,13-20H2,1-5H3. The van der Waals surface area contributed by atoms with Gasteiger partial charge in [-0.3, -0.25) is 4.79 Å². The largest absolute Gasteiger partial charge is 0.339 e. The molecular formula is C28H46N4O. The molecule has 2 aromatic rings. The van der Waals surface area contributed by atoms with Crippen molar-refractivity contribution in [1.29, 1.82) is 0 Å². The van der Waals surface area contributed by atoms with Crippen molar-refractivity contribution in [2.75, 3.05) is 32.7 Å². The third-order valence-electron chi connectivity index (χ3n) is 6.94. The second kappa shape index (κ2) is 12.5. The molecule has 0 atom stereocenters. The highest BCUT2D eigenvalue weighted by Gasteiger charge is 2.19. The number of carbonyl (C=O) groups is 1. The van der Waals surface area contributed by atoms with E-state index < -0.39 is 0 Å². The Morgan fingerprint density at radius 2 is 1.67 bits per heavy atom. The van der Waals surface area contributed by atoms with Crippen molar-refractivity contribution in [3.8, 4) is 0 Å². The van der Waals surface area contributed by atoms with E-state index in [0.29, 0.717) is 11.8 Å². The first kappa shape index (κ1) is 25.7. The number of hydrogen-bond acceptors (Lipinski definition) is 3. The highest BCUT2D eigenvalue weighted by molar-refractivity contribution is 5.97. The van der Waals surface area contributed by atoms with Crippen molar-refractivity contribution in [3.63, 3.8) is 0 Å². The summed E-state index contributed by atoms with van der Waals surface area (Å²) in [6.07, 6.45) is 8.18. The maximum atomic E-state index is 13.5. The quantitative estimate of drug-likeness (QED) is 0.394. The van der Waals surface area contributed by atoms with Crippen LogP contribution in [0.4, 0.5) is 0 Å². The Bertz CT molecular complexity index is 867. The minimum Gasteiger partial charge on any atom is -0.339 e. The minimum absolute atomic E-state index is 0.164. The Balaban J connectivity index is 1.77. The molecule has 33 heavy (non-hydrogen) atoms. The van der Waals surface area contributed by atoms with Gasteiger partial charge in [-0.2, -0.15) is 0 Å². The Hall–Kier alpha value is -1.88. The van der Waals surface area contributed by atoms with Crippen LogP contribution in [0.3, 0.4) is 0 Å². The van der Waals surface area contributed by atoms with E-state index in [1.165, 1.54) is 32.4 Å². The number of imidazole rings is 1. The number of piperidine rings is 1. The van der Waals surface area contributed by atoms with Gasteiger partial charge in [0.15, 0.2) is 0 Å². The SMILES string of the molecule is CCc1nc2ccc(C(=O)N(CCC(C)C)CCC(C)C)cc2n1CCCN1CCCCC1. The summed E-state index contributed by atoms with van der Waals surface area (Å²) in [7, 11) is 0. The fourth-order valence-corrected chi connectivity index (χ4v) is 4.79. The number of benzene rings is 1. The lowest BCUT2D eigenvalue weighted by molar-refractivity contribution is 0.0741. The second-order valence-electron chi connectivity index (χ2n) is 10.6. The highest BCUT2D eigenvalue weighted by Crippen LogP contribution is 2.21. The van der Waals surface area contributed by atoms with Crippen molar-refractivity contribution in [1.82, 2.24) is 19.4 Å². The summed E-state index contributed by atoms with van der Waals surface area (Å²) in [5.41, 5.74) is 2.93. The molecule has 0 radical (unpaired) electrons. The van der Waals surface area contributed by atoms with Gasteiger partial charge in [0.25, 0.3) is 5.91 Å². The number of carbonyl (C=O) groups excluding carboxylic acids is 1. The summed E-state index contributed by atoms with van der Waals surface area (Å²) in [6, 6.07) is 6.13. The number of rotatable bonds is 12. The average molecular weight is 455 g/mol. The summed E-state index contributed by atoms with van der Waals surface area (Å²) >= 11 is 0. The van der Waals surface area contributed by atoms with Gasteiger partial charge in [0.05, 0.1) is 11.0 Å². The van der Waals surface area contributed by atoms with Crippen LogP contribution in [-0.4, -0.2) is 58.0 Å². The Labute approximate surface area is 201 Å². The highest BCUT2D eigenvalue weighted by atomic mass is 16.2. The van der Waals surface area contributed by atoms with Crippen molar-refractivity contribution >= 4 is 16.9 Å². The van der Waals surface area contributed by atoms with E-state index in [2.05, 4.69) is 55.1 Å². The topological polar surface area (TPSA) is 41.4 Å². The van der Waals surface area contributed by atoms with Crippen LogP contribution in [0.5, 0.6) is 0 Å². The molecule has 0 N–H and O–H groups in total. The maximum absolute atomic E-state index is 13.5. The lowest BCUT2D eigenvalue weighted by Gasteiger charge is -2.26. The Kier molecular flexibility index (Phi) is 9.78. The molecule has 0 spiro atoms. The third kappa shape index (κ3) is 7.30. The van der Waals surface area contributed by atoms with Crippen molar-refractivity contribution < 1.29 is 4.79 Å². The molecule has 1 fully saturated rings. The van der Waals surface area contributed by atoms with Gasteiger partial charge in [0.2, 0.25) is 0 Å². The molecule has 3 rings (SSSR count). The van der Waals surface area contributed by atoms with E-state index in [9.17, 15) is 4.79 Å². The summed E-state index contributed by atoms with van der Waals surface area (Å²) < 4.78 is 2.36. The van der Waals surface area contributed by atoms with E-state index in [0.717, 1.165) is 74.3 Å². The molecule has 0 bridgehead atoms. The van der Waals surface area contributed by atoms with Gasteiger partial charge in [-0.1, -0.05) is 41.0 Å². The molecule has 5 nitrogen and oxygen atoms in total. The van der Waals surface area contributed by atoms with E-state index in [-0.39, 0.29) is 5.91 Å². The number of likely N-dealkylation sites (tertiary alicyclic amines) is 1. The first-order valence-corrected chi connectivity index (χ1v) is 13.4. The van der Waals surface area contributed by atoms with Crippen LogP contribution in [0.15, 0.2) is 18.2 Å². The van der Waals surface area contributed by atoms with Gasteiger partial charge >= 0.3 is 0 Å². The summed E-state index contributed by atoms with van der Waals surface area (Å²) in [6.45, 7) is 17.4. The Morgan fingerprint density at radius 1 is 1.00 bits per heavy atom. The van der Waals surface area contributed by atoms with Crippen LogP contribution in [0.2, 0.25) is 0 Å². The smallest absolute Gasteiger partial charge is 0.253 e. The van der Waals surface area contributed by atoms with E-state index in [1.807, 2.05) is 12.1 Å². The van der Waals surface area contributed by atoms with Gasteiger partial charge < -0.3 is 14.4 Å². The first-order chi connectivity index (χ1) is 15.9. The van der Waals surface area contributed by atoms with Gasteiger partial charge in [0.1, 0.15) is 5.82 Å². The molecule has 184 valence electrons. The predicted octanol–water partition coefficient (Wildman–Crippen LogP) is 6.01.